The number of amides is 2. The van der Waals surface area contributed by atoms with E-state index >= 15 is 0 Å². The number of fused-ring (bicyclic) bond motifs is 1. The van der Waals surface area contributed by atoms with Crippen LogP contribution in [0.4, 0.5) is 0 Å². The van der Waals surface area contributed by atoms with E-state index in [1.807, 2.05) is 26.2 Å². The summed E-state index contributed by atoms with van der Waals surface area (Å²) < 4.78 is 5.27. The summed E-state index contributed by atoms with van der Waals surface area (Å²) in [4.78, 5) is 30.1. The minimum Gasteiger partial charge on any atom is -0.361 e. The average molecular weight is 405 g/mol. The highest BCUT2D eigenvalue weighted by Crippen LogP contribution is 2.30. The zero-order valence-corrected chi connectivity index (χ0v) is 18.0. The maximum Gasteiger partial charge on any atom is 0.253 e. The number of thiophene rings is 1. The Labute approximate surface area is 169 Å². The molecule has 0 bridgehead atoms. The Morgan fingerprint density at radius 3 is 2.75 bits per heavy atom. The number of aromatic nitrogens is 1. The SMILES string of the molecule is CC[C@H](NC(=O)c1csc2c1CCN(Cc1c(C)noc1C)C2)C(=O)N(C)C. The van der Waals surface area contributed by atoms with E-state index < -0.39 is 6.04 Å². The summed E-state index contributed by atoms with van der Waals surface area (Å²) in [7, 11) is 3.41. The maximum absolute atomic E-state index is 12.8. The van der Waals surface area contributed by atoms with Crippen LogP contribution in [0.25, 0.3) is 0 Å². The predicted octanol–water partition coefficient (Wildman–Crippen LogP) is 2.51. The van der Waals surface area contributed by atoms with E-state index in [4.69, 9.17) is 4.52 Å². The van der Waals surface area contributed by atoms with Crippen LogP contribution in [0.5, 0.6) is 0 Å². The molecule has 0 saturated heterocycles. The summed E-state index contributed by atoms with van der Waals surface area (Å²) in [6, 6.07) is -0.488. The van der Waals surface area contributed by atoms with Crippen molar-refractivity contribution in [3.05, 3.63) is 38.4 Å². The van der Waals surface area contributed by atoms with Crippen molar-refractivity contribution in [1.82, 2.24) is 20.3 Å². The first kappa shape index (κ1) is 20.5. The second-order valence-corrected chi connectivity index (χ2v) is 8.45. The van der Waals surface area contributed by atoms with Crippen molar-refractivity contribution in [1.29, 1.82) is 0 Å². The van der Waals surface area contributed by atoms with E-state index in [0.29, 0.717) is 12.0 Å². The topological polar surface area (TPSA) is 78.7 Å². The fourth-order valence-corrected chi connectivity index (χ4v) is 4.67. The van der Waals surface area contributed by atoms with E-state index in [9.17, 15) is 9.59 Å². The molecule has 2 amide bonds. The van der Waals surface area contributed by atoms with Crippen LogP contribution in [0.1, 0.15) is 51.2 Å². The number of nitrogens with one attached hydrogen (secondary N) is 1. The molecule has 152 valence electrons. The molecule has 1 atom stereocenters. The number of carbonyl (C=O) groups is 2. The molecule has 1 N–H and O–H groups in total. The summed E-state index contributed by atoms with van der Waals surface area (Å²) in [5.41, 5.74) is 3.91. The van der Waals surface area contributed by atoms with Crippen molar-refractivity contribution in [3.63, 3.8) is 0 Å². The molecule has 3 heterocycles. The molecular weight excluding hydrogens is 376 g/mol. The standard InChI is InChI=1S/C20H28N4O3S/c1-6-17(20(26)23(4)5)21-19(25)16-11-28-18-10-24(8-7-14(16)18)9-15-12(2)22-27-13(15)3/h11,17H,6-10H2,1-5H3,(H,21,25)/t17-/m0/s1. The summed E-state index contributed by atoms with van der Waals surface area (Å²) >= 11 is 1.62. The molecule has 0 fully saturated rings. The molecule has 28 heavy (non-hydrogen) atoms. The number of likely N-dealkylation sites (N-methyl/N-ethyl adjacent to an activating group) is 1. The van der Waals surface area contributed by atoms with Crippen LogP contribution in [-0.2, 0) is 24.3 Å². The first-order valence-electron chi connectivity index (χ1n) is 9.57. The average Bonchev–Trinajstić information content (AvgIpc) is 3.23. The second-order valence-electron chi connectivity index (χ2n) is 7.48. The van der Waals surface area contributed by atoms with Gasteiger partial charge < -0.3 is 14.7 Å². The number of hydrogen-bond acceptors (Lipinski definition) is 6. The van der Waals surface area contributed by atoms with Gasteiger partial charge in [0.1, 0.15) is 11.8 Å². The molecule has 0 saturated carbocycles. The highest BCUT2D eigenvalue weighted by Gasteiger charge is 2.27. The highest BCUT2D eigenvalue weighted by atomic mass is 32.1. The van der Waals surface area contributed by atoms with Crippen LogP contribution in [0.15, 0.2) is 9.90 Å². The van der Waals surface area contributed by atoms with Gasteiger partial charge in [0, 0.05) is 49.6 Å². The van der Waals surface area contributed by atoms with Gasteiger partial charge in [-0.1, -0.05) is 12.1 Å². The van der Waals surface area contributed by atoms with E-state index in [-0.39, 0.29) is 11.8 Å². The predicted molar refractivity (Wildman–Crippen MR) is 108 cm³/mol. The number of hydrogen-bond donors (Lipinski definition) is 1. The van der Waals surface area contributed by atoms with Crippen LogP contribution >= 0.6 is 11.3 Å². The third-order valence-corrected chi connectivity index (χ3v) is 6.30. The van der Waals surface area contributed by atoms with Crippen molar-refractivity contribution < 1.29 is 14.1 Å². The van der Waals surface area contributed by atoms with Gasteiger partial charge in [0.05, 0.1) is 11.3 Å². The van der Waals surface area contributed by atoms with Crippen LogP contribution in [0, 0.1) is 13.8 Å². The van der Waals surface area contributed by atoms with Crippen LogP contribution in [-0.4, -0.2) is 53.5 Å². The first-order valence-corrected chi connectivity index (χ1v) is 10.4. The van der Waals surface area contributed by atoms with Crippen LogP contribution in [0.2, 0.25) is 0 Å². The van der Waals surface area contributed by atoms with Gasteiger partial charge in [-0.3, -0.25) is 14.5 Å². The fourth-order valence-electron chi connectivity index (χ4n) is 3.54. The Bertz CT molecular complexity index is 851. The lowest BCUT2D eigenvalue weighted by molar-refractivity contribution is -0.130. The molecular formula is C20H28N4O3S. The highest BCUT2D eigenvalue weighted by molar-refractivity contribution is 7.10. The van der Waals surface area contributed by atoms with Crippen molar-refractivity contribution in [2.45, 2.75) is 52.7 Å². The Morgan fingerprint density at radius 2 is 2.14 bits per heavy atom. The van der Waals surface area contributed by atoms with Gasteiger partial charge in [-0.05, 0) is 32.3 Å². The molecule has 1 aliphatic heterocycles. The molecule has 0 aromatic carbocycles. The summed E-state index contributed by atoms with van der Waals surface area (Å²) in [5.74, 6) is 0.634. The number of carbonyl (C=O) groups excluding carboxylic acids is 2. The Morgan fingerprint density at radius 1 is 1.39 bits per heavy atom. The van der Waals surface area contributed by atoms with Gasteiger partial charge >= 0.3 is 0 Å². The zero-order chi connectivity index (χ0) is 20.4. The van der Waals surface area contributed by atoms with Crippen LogP contribution in [0.3, 0.4) is 0 Å². The third kappa shape index (κ3) is 4.12. The fraction of sp³-hybridized carbons (Fsp3) is 0.550. The van der Waals surface area contributed by atoms with Gasteiger partial charge in [0.15, 0.2) is 0 Å². The molecule has 2 aromatic rings. The van der Waals surface area contributed by atoms with Crippen molar-refractivity contribution >= 4 is 23.2 Å². The van der Waals surface area contributed by atoms with E-state index in [1.54, 1.807) is 25.4 Å². The molecule has 2 aromatic heterocycles. The normalized spacial score (nSPS) is 15.2. The molecule has 3 rings (SSSR count). The molecule has 0 spiro atoms. The molecule has 7 nitrogen and oxygen atoms in total. The summed E-state index contributed by atoms with van der Waals surface area (Å²) in [6.45, 7) is 8.30. The molecule has 8 heteroatoms. The van der Waals surface area contributed by atoms with E-state index in [1.165, 1.54) is 9.78 Å². The number of rotatable bonds is 6. The largest absolute Gasteiger partial charge is 0.361 e. The van der Waals surface area contributed by atoms with Gasteiger partial charge in [-0.25, -0.2) is 0 Å². The minimum absolute atomic E-state index is 0.0782. The van der Waals surface area contributed by atoms with Crippen molar-refractivity contribution in [2.75, 3.05) is 20.6 Å². The molecule has 0 aliphatic carbocycles. The van der Waals surface area contributed by atoms with Gasteiger partial charge in [0.25, 0.3) is 5.91 Å². The van der Waals surface area contributed by atoms with Gasteiger partial charge in [-0.15, -0.1) is 11.3 Å². The van der Waals surface area contributed by atoms with Crippen molar-refractivity contribution in [2.24, 2.45) is 0 Å². The second kappa shape index (κ2) is 8.45. The van der Waals surface area contributed by atoms with E-state index in [2.05, 4.69) is 15.4 Å². The molecule has 1 aliphatic rings. The summed E-state index contributed by atoms with van der Waals surface area (Å²) in [6.07, 6.45) is 1.39. The summed E-state index contributed by atoms with van der Waals surface area (Å²) in [5, 5.41) is 8.86. The monoisotopic (exact) mass is 404 g/mol. The Balaban J connectivity index is 1.69. The Kier molecular flexibility index (Phi) is 6.20. The Hall–Kier alpha value is -2.19. The lowest BCUT2D eigenvalue weighted by atomic mass is 10.0. The minimum atomic E-state index is -0.488. The van der Waals surface area contributed by atoms with Crippen LogP contribution < -0.4 is 5.32 Å². The maximum atomic E-state index is 12.8. The zero-order valence-electron chi connectivity index (χ0n) is 17.2. The van der Waals surface area contributed by atoms with Crippen molar-refractivity contribution in [3.8, 4) is 0 Å². The number of nitrogens with zero attached hydrogens (tertiary/aromatic N) is 3. The smallest absolute Gasteiger partial charge is 0.253 e. The quantitative estimate of drug-likeness (QED) is 0.800. The molecule has 0 radical (unpaired) electrons. The van der Waals surface area contributed by atoms with E-state index in [0.717, 1.165) is 48.6 Å². The third-order valence-electron chi connectivity index (χ3n) is 5.29. The van der Waals surface area contributed by atoms with Gasteiger partial charge in [-0.2, -0.15) is 0 Å². The number of aryl methyl sites for hydroxylation is 2. The lowest BCUT2D eigenvalue weighted by Gasteiger charge is -2.27. The molecule has 0 unspecified atom stereocenters. The van der Waals surface area contributed by atoms with Gasteiger partial charge in [0.2, 0.25) is 5.91 Å². The first-order chi connectivity index (χ1) is 13.3. The lowest BCUT2D eigenvalue weighted by Crippen LogP contribution is -2.46.